The average Bonchev–Trinajstić information content (AvgIpc) is 3.93. The Morgan fingerprint density at radius 2 is 1.89 bits per heavy atom. The summed E-state index contributed by atoms with van der Waals surface area (Å²) in [6.45, 7) is 9.43. The van der Waals surface area contributed by atoms with Gasteiger partial charge in [-0.05, 0) is 59.9 Å². The number of tetrazole rings is 1. The van der Waals surface area contributed by atoms with Gasteiger partial charge in [0.25, 0.3) is 5.91 Å². The van der Waals surface area contributed by atoms with E-state index in [9.17, 15) is 31.6 Å². The Hall–Kier alpha value is -5.01. The van der Waals surface area contributed by atoms with Gasteiger partial charge in [-0.25, -0.2) is 17.2 Å². The number of anilines is 1. The second-order valence-electron chi connectivity index (χ2n) is 17.0. The van der Waals surface area contributed by atoms with Crippen molar-refractivity contribution in [2.24, 2.45) is 16.7 Å². The van der Waals surface area contributed by atoms with Crippen molar-refractivity contribution < 1.29 is 40.7 Å². The van der Waals surface area contributed by atoms with Gasteiger partial charge in [0.15, 0.2) is 0 Å². The van der Waals surface area contributed by atoms with Gasteiger partial charge in [0, 0.05) is 30.5 Å². The van der Waals surface area contributed by atoms with Crippen LogP contribution < -0.4 is 20.1 Å². The number of methoxy groups -OCH3 is 1. The van der Waals surface area contributed by atoms with Crippen molar-refractivity contribution in [2.45, 2.75) is 108 Å². The van der Waals surface area contributed by atoms with E-state index < -0.39 is 80.8 Å². The van der Waals surface area contributed by atoms with Gasteiger partial charge in [-0.3, -0.25) is 19.1 Å². The molecule has 302 valence electrons. The fourth-order valence-electron chi connectivity index (χ4n) is 7.32. The van der Waals surface area contributed by atoms with Crippen molar-refractivity contribution in [3.8, 4) is 17.1 Å². The Labute approximate surface area is 322 Å². The van der Waals surface area contributed by atoms with E-state index >= 15 is 0 Å². The summed E-state index contributed by atoms with van der Waals surface area (Å²) in [6, 6.07) is 2.33. The summed E-state index contributed by atoms with van der Waals surface area (Å²) >= 11 is 0. The third kappa shape index (κ3) is 7.84. The van der Waals surface area contributed by atoms with Crippen LogP contribution in [0.25, 0.3) is 17.5 Å². The summed E-state index contributed by atoms with van der Waals surface area (Å²) < 4.78 is 67.1. The number of sulfonamides is 1. The first-order chi connectivity index (χ1) is 26.3. The van der Waals surface area contributed by atoms with Crippen molar-refractivity contribution >= 4 is 39.8 Å². The molecule has 3 fully saturated rings. The predicted octanol–water partition coefficient (Wildman–Crippen LogP) is 3.13. The van der Waals surface area contributed by atoms with Crippen LogP contribution in [0.3, 0.4) is 0 Å². The molecule has 7 rings (SSSR count). The van der Waals surface area contributed by atoms with E-state index in [2.05, 4.69) is 50.1 Å². The highest BCUT2D eigenvalue weighted by Crippen LogP contribution is 2.49. The summed E-state index contributed by atoms with van der Waals surface area (Å²) in [6.07, 6.45) is 2.09. The van der Waals surface area contributed by atoms with Gasteiger partial charge in [0.05, 0.1) is 24.3 Å². The fourth-order valence-corrected chi connectivity index (χ4v) is 8.68. The Balaban J connectivity index is 1.26. The minimum Gasteiger partial charge on any atom is -0.496 e. The molecule has 3 amide bonds. The highest BCUT2D eigenvalue weighted by molar-refractivity contribution is 7.91. The number of carbonyl (C=O) groups excluding carboxylic acids is 3. The number of allylic oxidation sites excluding steroid dienone is 1. The molecule has 8 bridgehead atoms. The van der Waals surface area contributed by atoms with Gasteiger partial charge in [0.1, 0.15) is 23.4 Å². The Bertz CT molecular complexity index is 2160. The highest BCUT2D eigenvalue weighted by atomic mass is 32.2. The molecule has 2 aromatic heterocycles. The number of hydrogen-bond acceptors (Lipinski definition) is 13. The second kappa shape index (κ2) is 14.2. The second-order valence-corrected chi connectivity index (χ2v) is 18.9. The molecule has 17 nitrogen and oxygen atoms in total. The summed E-state index contributed by atoms with van der Waals surface area (Å²) in [5.74, 6) is -3.11. The molecule has 2 saturated carbocycles. The van der Waals surface area contributed by atoms with Crippen molar-refractivity contribution in [3.05, 3.63) is 35.7 Å². The maximum Gasteiger partial charge on any atom is 0.316 e. The standard InChI is InChI=1S/C36H46F2N10O7S/c1-34(2,3)27-31(50)47-18-21(15-24(47)30(49)40-36(16-23(36)28(37)38)32(51)45-56(52,53)22-10-11-22)48-44-29(42-46-48)20-9-12-25(54-6)19(14-20)8-7-13-35(4,5)17-26-41-43-33(39-27)55-26/h7-9,12,14,21-24,27-28H,10-11,13,15-18H2,1-6H3,(H,39,43)(H,40,49)(H,45,51)/b8-7+/t21-,23+,24+,27-,36-/m1/s1. The van der Waals surface area contributed by atoms with Gasteiger partial charge in [-0.15, -0.1) is 15.3 Å². The van der Waals surface area contributed by atoms with Crippen LogP contribution >= 0.6 is 0 Å². The molecule has 4 aliphatic rings. The normalized spacial score (nSPS) is 26.9. The smallest absolute Gasteiger partial charge is 0.316 e. The lowest BCUT2D eigenvalue weighted by Gasteiger charge is -2.35. The van der Waals surface area contributed by atoms with E-state index in [0.717, 1.165) is 5.56 Å². The monoisotopic (exact) mass is 800 g/mol. The molecular weight excluding hydrogens is 755 g/mol. The molecule has 56 heavy (non-hydrogen) atoms. The van der Waals surface area contributed by atoms with Crippen molar-refractivity contribution in [1.29, 1.82) is 0 Å². The van der Waals surface area contributed by atoms with E-state index in [0.29, 0.717) is 42.9 Å². The van der Waals surface area contributed by atoms with Crippen molar-refractivity contribution in [1.82, 2.24) is 45.3 Å². The van der Waals surface area contributed by atoms with Crippen LogP contribution in [0.1, 0.15) is 84.2 Å². The lowest BCUT2D eigenvalue weighted by Crippen LogP contribution is -2.59. The molecule has 0 unspecified atom stereocenters. The lowest BCUT2D eigenvalue weighted by molar-refractivity contribution is -0.141. The lowest BCUT2D eigenvalue weighted by atomic mass is 9.85. The molecule has 20 heteroatoms. The van der Waals surface area contributed by atoms with Gasteiger partial charge in [-0.2, -0.15) is 4.80 Å². The van der Waals surface area contributed by atoms with Crippen LogP contribution in [0.5, 0.6) is 5.75 Å². The SMILES string of the molecule is COc1ccc2cc1/C=C/CC(C)(C)Cc1nnc(o1)N[C@@H](C(C)(C)C)C(=O)N1C[C@@H](C[C@H]1C(=O)N[C@]1(C(=O)NS(=O)(=O)C3CC3)C[C@H]1C(F)F)n1nnc-2n1. The number of hydrogen-bond donors (Lipinski definition) is 3. The summed E-state index contributed by atoms with van der Waals surface area (Å²) in [5, 5.41) is 26.3. The van der Waals surface area contributed by atoms with Crippen molar-refractivity contribution in [2.75, 3.05) is 19.0 Å². The zero-order valence-corrected chi connectivity index (χ0v) is 32.8. The van der Waals surface area contributed by atoms with Gasteiger partial charge < -0.3 is 24.7 Å². The van der Waals surface area contributed by atoms with Gasteiger partial charge in [-0.1, -0.05) is 51.9 Å². The number of aromatic nitrogens is 6. The number of fused-ring (bicyclic) bond motifs is 10. The third-order valence-electron chi connectivity index (χ3n) is 10.8. The molecule has 5 atom stereocenters. The number of nitrogens with one attached hydrogen (secondary N) is 3. The Morgan fingerprint density at radius 3 is 2.55 bits per heavy atom. The number of alkyl halides is 2. The van der Waals surface area contributed by atoms with Gasteiger partial charge >= 0.3 is 6.01 Å². The van der Waals surface area contributed by atoms with Gasteiger partial charge in [0.2, 0.25) is 40.0 Å². The zero-order valence-electron chi connectivity index (χ0n) is 32.0. The predicted molar refractivity (Wildman–Crippen MR) is 196 cm³/mol. The Kier molecular flexibility index (Phi) is 9.93. The zero-order chi connectivity index (χ0) is 40.4. The highest BCUT2D eigenvalue weighted by Gasteiger charge is 2.67. The van der Waals surface area contributed by atoms with E-state index in [-0.39, 0.29) is 30.2 Å². The van der Waals surface area contributed by atoms with Crippen molar-refractivity contribution in [3.63, 3.8) is 0 Å². The van der Waals surface area contributed by atoms with Crippen LogP contribution in [0.2, 0.25) is 0 Å². The first kappa shape index (κ1) is 39.2. The molecule has 4 heterocycles. The average molecular weight is 801 g/mol. The molecule has 0 radical (unpaired) electrons. The van der Waals surface area contributed by atoms with Crippen LogP contribution in [-0.4, -0.2) is 104 Å². The maximum atomic E-state index is 14.7. The molecule has 1 aromatic carbocycles. The number of ether oxygens (including phenoxy) is 1. The summed E-state index contributed by atoms with van der Waals surface area (Å²) in [5.41, 5.74) is -1.92. The van der Waals surface area contributed by atoms with Crippen LogP contribution in [0.15, 0.2) is 28.7 Å². The molecule has 3 N–H and O–H groups in total. The Morgan fingerprint density at radius 1 is 1.14 bits per heavy atom. The number of carbonyl (C=O) groups is 3. The molecule has 1 saturated heterocycles. The number of rotatable bonds is 7. The quantitative estimate of drug-likeness (QED) is 0.314. The molecule has 0 spiro atoms. The van der Waals surface area contributed by atoms with E-state index in [4.69, 9.17) is 9.15 Å². The largest absolute Gasteiger partial charge is 0.496 e. The first-order valence-corrected chi connectivity index (χ1v) is 20.0. The first-order valence-electron chi connectivity index (χ1n) is 18.5. The molecule has 2 aliphatic carbocycles. The number of halogens is 2. The number of amides is 3. The van der Waals surface area contributed by atoms with E-state index in [1.807, 2.05) is 43.7 Å². The number of nitrogens with zero attached hydrogens (tertiary/aromatic N) is 7. The number of benzene rings is 1. The van der Waals surface area contributed by atoms with E-state index in [1.54, 1.807) is 19.2 Å². The summed E-state index contributed by atoms with van der Waals surface area (Å²) in [4.78, 5) is 45.0. The minimum atomic E-state index is -4.12. The summed E-state index contributed by atoms with van der Waals surface area (Å²) in [7, 11) is -2.55. The van der Waals surface area contributed by atoms with Crippen LogP contribution in [0.4, 0.5) is 14.8 Å². The third-order valence-corrected chi connectivity index (χ3v) is 12.6. The fraction of sp³-hybridized carbons (Fsp3) is 0.611. The molecular formula is C36H46F2N10O7S. The van der Waals surface area contributed by atoms with Crippen LogP contribution in [-0.2, 0) is 30.8 Å². The minimum absolute atomic E-state index is 0.0137. The van der Waals surface area contributed by atoms with Crippen LogP contribution in [0, 0.1) is 16.7 Å². The molecule has 3 aromatic rings. The van der Waals surface area contributed by atoms with E-state index in [1.165, 1.54) is 9.70 Å². The molecule has 2 aliphatic heterocycles. The topological polar surface area (TPSA) is 216 Å². The maximum absolute atomic E-state index is 14.7.